The molecule has 0 N–H and O–H groups in total. The molecule has 1 aromatic rings. The van der Waals surface area contributed by atoms with Crippen LogP contribution in [0, 0.1) is 17.5 Å². The molecule has 1 aromatic carbocycles. The van der Waals surface area contributed by atoms with Gasteiger partial charge >= 0.3 is 0 Å². The van der Waals surface area contributed by atoms with E-state index in [0.29, 0.717) is 0 Å². The van der Waals surface area contributed by atoms with Gasteiger partial charge in [0, 0.05) is 12.1 Å². The Kier molecular flexibility index (Phi) is 2.60. The first kappa shape index (κ1) is 9.64. The van der Waals surface area contributed by atoms with Gasteiger partial charge in [-0.15, -0.1) is 0 Å². The second-order valence-electron chi connectivity index (χ2n) is 2.50. The number of rotatable bonds is 2. The highest BCUT2D eigenvalue weighted by molar-refractivity contribution is 5.26. The summed E-state index contributed by atoms with van der Waals surface area (Å²) in [6, 6.07) is 1.51. The van der Waals surface area contributed by atoms with Crippen molar-refractivity contribution in [2.75, 3.05) is 0 Å². The summed E-state index contributed by atoms with van der Waals surface area (Å²) in [4.78, 5) is 0. The summed E-state index contributed by atoms with van der Waals surface area (Å²) in [6.45, 7) is 4.88. The molecular weight excluding hydrogens is 181 g/mol. The Bertz CT molecular complexity index is 324. The van der Waals surface area contributed by atoms with Crippen LogP contribution in [0.2, 0.25) is 0 Å². The Balaban J connectivity index is 3.06. The van der Waals surface area contributed by atoms with E-state index in [9.17, 15) is 13.2 Å². The zero-order chi connectivity index (χ0) is 10.0. The van der Waals surface area contributed by atoms with E-state index < -0.39 is 17.5 Å². The molecule has 0 heterocycles. The predicted octanol–water partition coefficient (Wildman–Crippen LogP) is 3.02. The maximum absolute atomic E-state index is 12.6. The molecule has 70 valence electrons. The van der Waals surface area contributed by atoms with Crippen LogP contribution in [0.4, 0.5) is 13.2 Å². The molecule has 1 rings (SSSR count). The molecule has 0 spiro atoms. The van der Waals surface area contributed by atoms with Crippen LogP contribution in [-0.4, -0.2) is 0 Å². The van der Waals surface area contributed by atoms with Crippen LogP contribution >= 0.6 is 0 Å². The van der Waals surface area contributed by atoms with Crippen molar-refractivity contribution in [2.24, 2.45) is 0 Å². The minimum absolute atomic E-state index is 0.107. The maximum Gasteiger partial charge on any atom is 0.194 e. The summed E-state index contributed by atoms with van der Waals surface area (Å²) in [5.41, 5.74) is 0. The number of halogens is 3. The standard InChI is InChI=1S/C9H7F3O/c1-5(2)13-6-3-7(10)9(12)8(11)4-6/h3-4H,1H2,2H3. The molecule has 0 aromatic heterocycles. The average molecular weight is 188 g/mol. The molecular formula is C9H7F3O. The van der Waals surface area contributed by atoms with Crippen molar-refractivity contribution < 1.29 is 17.9 Å². The van der Waals surface area contributed by atoms with Gasteiger partial charge in [0.25, 0.3) is 0 Å². The molecule has 0 saturated heterocycles. The fourth-order valence-corrected chi connectivity index (χ4v) is 0.792. The van der Waals surface area contributed by atoms with Crippen molar-refractivity contribution in [3.8, 4) is 5.75 Å². The molecule has 0 aliphatic heterocycles. The van der Waals surface area contributed by atoms with Crippen LogP contribution in [-0.2, 0) is 0 Å². The Labute approximate surface area is 73.4 Å². The SMILES string of the molecule is C=C(C)Oc1cc(F)c(F)c(F)c1. The first-order valence-electron chi connectivity index (χ1n) is 3.48. The number of hydrogen-bond acceptors (Lipinski definition) is 1. The smallest absolute Gasteiger partial charge is 0.194 e. The van der Waals surface area contributed by atoms with Crippen molar-refractivity contribution in [3.63, 3.8) is 0 Å². The molecule has 0 bridgehead atoms. The van der Waals surface area contributed by atoms with Gasteiger partial charge in [-0.1, -0.05) is 6.58 Å². The zero-order valence-electron chi connectivity index (χ0n) is 6.90. The summed E-state index contributed by atoms with van der Waals surface area (Å²) in [7, 11) is 0. The Morgan fingerprint density at radius 1 is 1.23 bits per heavy atom. The molecule has 0 amide bonds. The number of benzene rings is 1. The van der Waals surface area contributed by atoms with Gasteiger partial charge in [-0.05, 0) is 6.92 Å². The van der Waals surface area contributed by atoms with Crippen molar-refractivity contribution in [3.05, 3.63) is 41.9 Å². The van der Waals surface area contributed by atoms with E-state index in [0.717, 1.165) is 12.1 Å². The van der Waals surface area contributed by atoms with Crippen molar-refractivity contribution >= 4 is 0 Å². The average Bonchev–Trinajstić information content (AvgIpc) is 1.98. The summed E-state index contributed by atoms with van der Waals surface area (Å²) in [6.07, 6.45) is 0. The van der Waals surface area contributed by atoms with Crippen molar-refractivity contribution in [1.82, 2.24) is 0 Å². The van der Waals surface area contributed by atoms with E-state index in [1.165, 1.54) is 6.92 Å². The predicted molar refractivity (Wildman–Crippen MR) is 41.8 cm³/mol. The third kappa shape index (κ3) is 2.24. The van der Waals surface area contributed by atoms with Crippen LogP contribution in [0.1, 0.15) is 6.92 Å². The van der Waals surface area contributed by atoms with E-state index in [4.69, 9.17) is 4.74 Å². The Morgan fingerprint density at radius 3 is 2.08 bits per heavy atom. The lowest BCUT2D eigenvalue weighted by molar-refractivity contribution is 0.402. The summed E-state index contributed by atoms with van der Waals surface area (Å²) >= 11 is 0. The van der Waals surface area contributed by atoms with Crippen molar-refractivity contribution in [2.45, 2.75) is 6.92 Å². The first-order valence-corrected chi connectivity index (χ1v) is 3.48. The largest absolute Gasteiger partial charge is 0.462 e. The zero-order valence-corrected chi connectivity index (χ0v) is 6.90. The van der Waals surface area contributed by atoms with Crippen LogP contribution in [0.15, 0.2) is 24.5 Å². The number of hydrogen-bond donors (Lipinski definition) is 0. The van der Waals surface area contributed by atoms with Gasteiger partial charge in [-0.2, -0.15) is 0 Å². The second kappa shape index (κ2) is 3.51. The lowest BCUT2D eigenvalue weighted by Crippen LogP contribution is -1.94. The van der Waals surface area contributed by atoms with Gasteiger partial charge < -0.3 is 4.74 Å². The highest BCUT2D eigenvalue weighted by Gasteiger charge is 2.10. The molecule has 0 atom stereocenters. The molecule has 4 heteroatoms. The van der Waals surface area contributed by atoms with E-state index in [-0.39, 0.29) is 11.5 Å². The summed E-state index contributed by atoms with van der Waals surface area (Å²) in [5, 5.41) is 0. The topological polar surface area (TPSA) is 9.23 Å². The lowest BCUT2D eigenvalue weighted by atomic mass is 10.3. The quantitative estimate of drug-likeness (QED) is 0.512. The third-order valence-electron chi connectivity index (χ3n) is 1.25. The van der Waals surface area contributed by atoms with Gasteiger partial charge in [0.2, 0.25) is 0 Å². The molecule has 0 aliphatic carbocycles. The van der Waals surface area contributed by atoms with Gasteiger partial charge in [-0.25, -0.2) is 13.2 Å². The van der Waals surface area contributed by atoms with Crippen LogP contribution in [0.3, 0.4) is 0 Å². The minimum atomic E-state index is -1.51. The molecule has 13 heavy (non-hydrogen) atoms. The van der Waals surface area contributed by atoms with E-state index in [1.807, 2.05) is 0 Å². The minimum Gasteiger partial charge on any atom is -0.462 e. The molecule has 0 aliphatic rings. The van der Waals surface area contributed by atoms with Gasteiger partial charge in [0.1, 0.15) is 5.75 Å². The maximum atomic E-state index is 12.6. The monoisotopic (exact) mass is 188 g/mol. The molecule has 1 nitrogen and oxygen atoms in total. The Morgan fingerprint density at radius 2 is 1.69 bits per heavy atom. The van der Waals surface area contributed by atoms with E-state index >= 15 is 0 Å². The highest BCUT2D eigenvalue weighted by Crippen LogP contribution is 2.20. The summed E-state index contributed by atoms with van der Waals surface area (Å²) < 4.78 is 42.3. The Hall–Kier alpha value is -1.45. The van der Waals surface area contributed by atoms with Crippen LogP contribution < -0.4 is 4.74 Å². The van der Waals surface area contributed by atoms with Gasteiger partial charge in [0.05, 0.1) is 5.76 Å². The molecule has 0 fully saturated rings. The summed E-state index contributed by atoms with van der Waals surface area (Å²) in [5.74, 6) is -3.91. The number of ether oxygens (including phenoxy) is 1. The van der Waals surface area contributed by atoms with Gasteiger partial charge in [-0.3, -0.25) is 0 Å². The van der Waals surface area contributed by atoms with Crippen LogP contribution in [0.25, 0.3) is 0 Å². The third-order valence-corrected chi connectivity index (χ3v) is 1.25. The second-order valence-corrected chi connectivity index (χ2v) is 2.50. The molecule has 0 radical (unpaired) electrons. The highest BCUT2D eigenvalue weighted by atomic mass is 19.2. The molecule has 0 unspecified atom stereocenters. The lowest BCUT2D eigenvalue weighted by Gasteiger charge is -2.04. The fraction of sp³-hybridized carbons (Fsp3) is 0.111. The van der Waals surface area contributed by atoms with Crippen molar-refractivity contribution in [1.29, 1.82) is 0 Å². The molecule has 0 saturated carbocycles. The van der Waals surface area contributed by atoms with Crippen LogP contribution in [0.5, 0.6) is 5.75 Å². The van der Waals surface area contributed by atoms with E-state index in [1.54, 1.807) is 0 Å². The van der Waals surface area contributed by atoms with Gasteiger partial charge in [0.15, 0.2) is 17.5 Å². The van der Waals surface area contributed by atoms with E-state index in [2.05, 4.69) is 6.58 Å². The fourth-order valence-electron chi connectivity index (χ4n) is 0.792. The normalized spacial score (nSPS) is 9.85. The first-order chi connectivity index (χ1) is 6.00. The number of allylic oxidation sites excluding steroid dienone is 1.